The Labute approximate surface area is 101 Å². The Morgan fingerprint density at radius 2 is 1.94 bits per heavy atom. The second-order valence-electron chi connectivity index (χ2n) is 3.61. The molecule has 3 nitrogen and oxygen atoms in total. The fourth-order valence-corrected chi connectivity index (χ4v) is 1.06. The minimum absolute atomic E-state index is 0.319. The monoisotopic (exact) mass is 264 g/mol. The molecule has 17 heavy (non-hydrogen) atoms. The summed E-state index contributed by atoms with van der Waals surface area (Å²) < 4.78 is 42.3. The summed E-state index contributed by atoms with van der Waals surface area (Å²) in [6.07, 6.45) is 0.522. The predicted molar refractivity (Wildman–Crippen MR) is 55.6 cm³/mol. The van der Waals surface area contributed by atoms with Gasteiger partial charge in [-0.15, -0.1) is 6.42 Å². The molecule has 0 aliphatic carbocycles. The van der Waals surface area contributed by atoms with Gasteiger partial charge in [-0.05, 0) is 25.4 Å². The lowest BCUT2D eigenvalue weighted by Gasteiger charge is -2.19. The predicted octanol–water partition coefficient (Wildman–Crippen LogP) is 2.94. The van der Waals surface area contributed by atoms with Crippen LogP contribution in [0.1, 0.15) is 19.5 Å². The Hall–Kier alpha value is -1.48. The number of rotatable bonds is 2. The molecule has 92 valence electrons. The molecule has 0 saturated carbocycles. The van der Waals surface area contributed by atoms with Gasteiger partial charge in [0.25, 0.3) is 0 Å². The summed E-state index contributed by atoms with van der Waals surface area (Å²) in [6.45, 7) is 3.02. The lowest BCUT2D eigenvalue weighted by molar-refractivity contribution is -0.141. The molecule has 1 rings (SSSR count). The Bertz CT molecular complexity index is 466. The van der Waals surface area contributed by atoms with Gasteiger partial charge >= 0.3 is 6.18 Å². The summed E-state index contributed by atoms with van der Waals surface area (Å²) in [6, 6.07) is 0.644. The second-order valence-corrected chi connectivity index (χ2v) is 3.95. The first-order valence-corrected chi connectivity index (χ1v) is 4.80. The van der Waals surface area contributed by atoms with Crippen LogP contribution < -0.4 is 4.74 Å². The third-order valence-electron chi connectivity index (χ3n) is 1.67. The van der Waals surface area contributed by atoms with Gasteiger partial charge < -0.3 is 4.74 Å². The third kappa shape index (κ3) is 3.79. The SMILES string of the molecule is C#CC(C)(C)Oc1cc(C(F)(F)F)nc(Cl)n1. The number of nitrogens with zero attached hydrogens (tertiary/aromatic N) is 2. The highest BCUT2D eigenvalue weighted by molar-refractivity contribution is 6.28. The third-order valence-corrected chi connectivity index (χ3v) is 1.84. The van der Waals surface area contributed by atoms with E-state index >= 15 is 0 Å². The second kappa shape index (κ2) is 4.41. The quantitative estimate of drug-likeness (QED) is 0.608. The van der Waals surface area contributed by atoms with Gasteiger partial charge in [0.1, 0.15) is 0 Å². The van der Waals surface area contributed by atoms with Crippen LogP contribution in [0.25, 0.3) is 0 Å². The molecule has 0 fully saturated rings. The van der Waals surface area contributed by atoms with E-state index in [1.807, 2.05) is 0 Å². The van der Waals surface area contributed by atoms with Crippen LogP contribution in [0.4, 0.5) is 13.2 Å². The number of ether oxygens (including phenoxy) is 1. The van der Waals surface area contributed by atoms with E-state index in [4.69, 9.17) is 22.8 Å². The zero-order valence-corrected chi connectivity index (χ0v) is 9.73. The van der Waals surface area contributed by atoms with Gasteiger partial charge in [-0.2, -0.15) is 18.2 Å². The van der Waals surface area contributed by atoms with Gasteiger partial charge in [0.05, 0.1) is 0 Å². The molecule has 0 atom stereocenters. The Kier molecular flexibility index (Phi) is 3.53. The first-order chi connectivity index (χ1) is 7.64. The smallest absolute Gasteiger partial charge is 0.433 e. The maximum Gasteiger partial charge on any atom is 0.433 e. The fourth-order valence-electron chi connectivity index (χ4n) is 0.885. The summed E-state index contributed by atoms with van der Waals surface area (Å²) in [4.78, 5) is 6.58. The van der Waals surface area contributed by atoms with Crippen LogP contribution in [-0.2, 0) is 6.18 Å². The average Bonchev–Trinajstić information content (AvgIpc) is 2.14. The van der Waals surface area contributed by atoms with Crippen molar-refractivity contribution >= 4 is 11.6 Å². The summed E-state index contributed by atoms with van der Waals surface area (Å²) in [7, 11) is 0. The van der Waals surface area contributed by atoms with Gasteiger partial charge in [0, 0.05) is 6.07 Å². The van der Waals surface area contributed by atoms with Crippen molar-refractivity contribution in [3.8, 4) is 18.2 Å². The van der Waals surface area contributed by atoms with E-state index in [9.17, 15) is 13.2 Å². The molecule has 0 saturated heterocycles. The first kappa shape index (κ1) is 13.6. The molecule has 0 unspecified atom stereocenters. The lowest BCUT2D eigenvalue weighted by Crippen LogP contribution is -2.26. The topological polar surface area (TPSA) is 35.0 Å². The largest absolute Gasteiger partial charge is 0.458 e. The number of terminal acetylenes is 1. The van der Waals surface area contributed by atoms with Crippen LogP contribution in [-0.4, -0.2) is 15.6 Å². The van der Waals surface area contributed by atoms with E-state index in [0.717, 1.165) is 0 Å². The molecule has 0 aliphatic rings. The molecule has 0 bridgehead atoms. The standard InChI is InChI=1S/C10H8ClF3N2O/c1-4-9(2,3)17-7-5-6(10(12,13)14)15-8(11)16-7/h1,5H,2-3H3. The van der Waals surface area contributed by atoms with Crippen molar-refractivity contribution in [1.29, 1.82) is 0 Å². The van der Waals surface area contributed by atoms with Crippen LogP contribution >= 0.6 is 11.6 Å². The van der Waals surface area contributed by atoms with E-state index in [-0.39, 0.29) is 5.88 Å². The van der Waals surface area contributed by atoms with E-state index in [2.05, 4.69) is 15.9 Å². The normalized spacial score (nSPS) is 12.1. The highest BCUT2D eigenvalue weighted by atomic mass is 35.5. The summed E-state index contributed by atoms with van der Waals surface area (Å²) in [5.74, 6) is 1.94. The maximum atomic E-state index is 12.4. The summed E-state index contributed by atoms with van der Waals surface area (Å²) in [5, 5.41) is -0.553. The Balaban J connectivity index is 3.12. The van der Waals surface area contributed by atoms with E-state index < -0.39 is 22.8 Å². The number of halogens is 4. The van der Waals surface area contributed by atoms with Gasteiger partial charge in [0.2, 0.25) is 11.2 Å². The molecule has 0 radical (unpaired) electrons. The molecule has 1 heterocycles. The van der Waals surface area contributed by atoms with E-state index in [1.54, 1.807) is 0 Å². The van der Waals surface area contributed by atoms with Crippen LogP contribution in [0.5, 0.6) is 5.88 Å². The van der Waals surface area contributed by atoms with Crippen LogP contribution in [0.15, 0.2) is 6.07 Å². The summed E-state index contributed by atoms with van der Waals surface area (Å²) in [5.41, 5.74) is -2.26. The van der Waals surface area contributed by atoms with Crippen molar-refractivity contribution in [2.45, 2.75) is 25.6 Å². The number of alkyl halides is 3. The minimum atomic E-state index is -4.62. The first-order valence-electron chi connectivity index (χ1n) is 4.42. The molecular weight excluding hydrogens is 257 g/mol. The highest BCUT2D eigenvalue weighted by Gasteiger charge is 2.34. The molecule has 0 amide bonds. The van der Waals surface area contributed by atoms with Crippen molar-refractivity contribution in [2.24, 2.45) is 0 Å². The molecular formula is C10H8ClF3N2O. The number of hydrogen-bond donors (Lipinski definition) is 0. The molecule has 0 N–H and O–H groups in total. The highest BCUT2D eigenvalue weighted by Crippen LogP contribution is 2.30. The van der Waals surface area contributed by atoms with Gasteiger partial charge in [-0.25, -0.2) is 4.98 Å². The lowest BCUT2D eigenvalue weighted by atomic mass is 10.1. The summed E-state index contributed by atoms with van der Waals surface area (Å²) >= 11 is 5.37. The van der Waals surface area contributed by atoms with Crippen molar-refractivity contribution in [1.82, 2.24) is 9.97 Å². The average molecular weight is 265 g/mol. The molecule has 0 aromatic carbocycles. The van der Waals surface area contributed by atoms with Crippen molar-refractivity contribution in [3.63, 3.8) is 0 Å². The van der Waals surface area contributed by atoms with Crippen LogP contribution in [0.2, 0.25) is 5.28 Å². The van der Waals surface area contributed by atoms with E-state index in [1.165, 1.54) is 13.8 Å². The van der Waals surface area contributed by atoms with Crippen LogP contribution in [0.3, 0.4) is 0 Å². The van der Waals surface area contributed by atoms with Crippen molar-refractivity contribution in [3.05, 3.63) is 17.0 Å². The number of aromatic nitrogens is 2. The number of hydrogen-bond acceptors (Lipinski definition) is 3. The van der Waals surface area contributed by atoms with Gasteiger partial charge in [-0.3, -0.25) is 0 Å². The van der Waals surface area contributed by atoms with Crippen molar-refractivity contribution in [2.75, 3.05) is 0 Å². The van der Waals surface area contributed by atoms with Gasteiger partial charge in [0.15, 0.2) is 11.3 Å². The zero-order valence-electron chi connectivity index (χ0n) is 8.97. The molecule has 0 aliphatic heterocycles. The minimum Gasteiger partial charge on any atom is -0.458 e. The van der Waals surface area contributed by atoms with E-state index in [0.29, 0.717) is 6.07 Å². The molecule has 0 spiro atoms. The zero-order chi connectivity index (χ0) is 13.3. The molecule has 1 aromatic rings. The fraction of sp³-hybridized carbons (Fsp3) is 0.400. The molecule has 1 aromatic heterocycles. The maximum absolute atomic E-state index is 12.4. The Morgan fingerprint density at radius 3 is 2.41 bits per heavy atom. The molecule has 7 heteroatoms. The Morgan fingerprint density at radius 1 is 1.35 bits per heavy atom. The van der Waals surface area contributed by atoms with Crippen molar-refractivity contribution < 1.29 is 17.9 Å². The van der Waals surface area contributed by atoms with Crippen LogP contribution in [0, 0.1) is 12.3 Å². The van der Waals surface area contributed by atoms with Gasteiger partial charge in [-0.1, -0.05) is 5.92 Å².